The fraction of sp³-hybridized carbons (Fsp3) is 0.471. The molecule has 0 saturated heterocycles. The Labute approximate surface area is 139 Å². The molecule has 4 heteroatoms. The largest absolute Gasteiger partial charge is 0.271 e. The predicted octanol–water partition coefficient (Wildman–Crippen LogP) is 5.01. The van der Waals surface area contributed by atoms with Crippen LogP contribution in [0.25, 0.3) is 0 Å². The van der Waals surface area contributed by atoms with E-state index in [9.17, 15) is 0 Å². The van der Waals surface area contributed by atoms with Crippen molar-refractivity contribution in [3.05, 3.63) is 51.8 Å². The number of nitrogens with zero attached hydrogens (tertiary/aromatic N) is 2. The topological polar surface area (TPSA) is 17.8 Å². The molecule has 0 saturated carbocycles. The Morgan fingerprint density at radius 2 is 2.14 bits per heavy atom. The van der Waals surface area contributed by atoms with Crippen molar-refractivity contribution in [2.45, 2.75) is 37.4 Å². The molecule has 2 nitrogen and oxygen atoms in total. The first-order valence-electron chi connectivity index (χ1n) is 7.47. The molecule has 1 aliphatic rings. The summed E-state index contributed by atoms with van der Waals surface area (Å²) in [5, 5.41) is 5.27. The second-order valence-corrected chi connectivity index (χ2v) is 7.29. The van der Waals surface area contributed by atoms with Gasteiger partial charge in [-0.2, -0.15) is 5.10 Å². The lowest BCUT2D eigenvalue weighted by atomic mass is 9.92. The van der Waals surface area contributed by atoms with Gasteiger partial charge in [0.25, 0.3) is 0 Å². The molecule has 1 aromatic carbocycles. The van der Waals surface area contributed by atoms with Crippen LogP contribution in [-0.2, 0) is 19.9 Å². The third-order valence-corrected chi connectivity index (χ3v) is 6.24. The van der Waals surface area contributed by atoms with Gasteiger partial charge >= 0.3 is 0 Å². The molecular weight excluding hydrogens is 348 g/mol. The maximum Gasteiger partial charge on any atom is 0.0847 e. The first-order valence-corrected chi connectivity index (χ1v) is 8.77. The van der Waals surface area contributed by atoms with Gasteiger partial charge in [0.2, 0.25) is 0 Å². The summed E-state index contributed by atoms with van der Waals surface area (Å²) in [7, 11) is 1.99. The summed E-state index contributed by atoms with van der Waals surface area (Å²) in [6.45, 7) is 1.97. The van der Waals surface area contributed by atoms with Crippen LogP contribution in [-0.4, -0.2) is 9.78 Å². The second kappa shape index (κ2) is 6.13. The summed E-state index contributed by atoms with van der Waals surface area (Å²) in [4.78, 5) is 0.391. The van der Waals surface area contributed by atoms with E-state index in [1.165, 1.54) is 30.4 Å². The van der Waals surface area contributed by atoms with E-state index in [0.717, 1.165) is 22.8 Å². The molecule has 1 heterocycles. The van der Waals surface area contributed by atoms with Gasteiger partial charge in [-0.05, 0) is 49.7 Å². The molecule has 0 spiro atoms. The number of halogens is 2. The van der Waals surface area contributed by atoms with Crippen LogP contribution in [0.15, 0.2) is 24.3 Å². The van der Waals surface area contributed by atoms with Crippen molar-refractivity contribution >= 4 is 27.5 Å². The van der Waals surface area contributed by atoms with Gasteiger partial charge < -0.3 is 0 Å². The first kappa shape index (κ1) is 15.1. The first-order chi connectivity index (χ1) is 10.1. The van der Waals surface area contributed by atoms with Crippen LogP contribution in [0.1, 0.15) is 40.2 Å². The molecular formula is C17H20BrClN2. The molecule has 2 aromatic rings. The quantitative estimate of drug-likeness (QED) is 0.538. The molecule has 0 bridgehead atoms. The van der Waals surface area contributed by atoms with Gasteiger partial charge in [-0.25, -0.2) is 0 Å². The van der Waals surface area contributed by atoms with Gasteiger partial charge in [-0.1, -0.05) is 51.8 Å². The summed E-state index contributed by atoms with van der Waals surface area (Å²) in [6, 6.07) is 8.78. The molecule has 2 unspecified atom stereocenters. The number of aromatic nitrogens is 2. The lowest BCUT2D eigenvalue weighted by molar-refractivity contribution is 0.460. The fourth-order valence-corrected chi connectivity index (χ4v) is 4.48. The summed E-state index contributed by atoms with van der Waals surface area (Å²) in [6.07, 6.45) is 4.59. The zero-order chi connectivity index (χ0) is 15.0. The summed E-state index contributed by atoms with van der Waals surface area (Å²) in [5.41, 5.74) is 5.00. The molecule has 2 atom stereocenters. The molecule has 1 aromatic heterocycles. The van der Waals surface area contributed by atoms with Crippen LogP contribution in [0.3, 0.4) is 0 Å². The van der Waals surface area contributed by atoms with E-state index >= 15 is 0 Å². The van der Waals surface area contributed by atoms with E-state index in [-0.39, 0.29) is 0 Å². The monoisotopic (exact) mass is 366 g/mol. The maximum absolute atomic E-state index is 6.42. The van der Waals surface area contributed by atoms with Crippen molar-refractivity contribution in [2.75, 3.05) is 0 Å². The van der Waals surface area contributed by atoms with Crippen molar-refractivity contribution < 1.29 is 0 Å². The smallest absolute Gasteiger partial charge is 0.0847 e. The number of fused-ring (bicyclic) bond motifs is 1. The highest BCUT2D eigenvalue weighted by Gasteiger charge is 2.27. The minimum absolute atomic E-state index is 0.391. The predicted molar refractivity (Wildman–Crippen MR) is 91.2 cm³/mol. The van der Waals surface area contributed by atoms with E-state index in [1.807, 2.05) is 18.7 Å². The second-order valence-electron chi connectivity index (χ2n) is 5.93. The number of alkyl halides is 1. The summed E-state index contributed by atoms with van der Waals surface area (Å²) in [5.74, 6) is 0.556. The third-order valence-electron chi connectivity index (χ3n) is 4.50. The zero-order valence-electron chi connectivity index (χ0n) is 12.4. The molecule has 1 aliphatic carbocycles. The maximum atomic E-state index is 6.42. The van der Waals surface area contributed by atoms with Gasteiger partial charge in [0.15, 0.2) is 0 Å². The van der Waals surface area contributed by atoms with Crippen molar-refractivity contribution in [1.29, 1.82) is 0 Å². The number of benzene rings is 1. The average Bonchev–Trinajstić information content (AvgIpc) is 2.63. The Morgan fingerprint density at radius 1 is 1.38 bits per heavy atom. The molecule has 112 valence electrons. The SMILES string of the molecule is Cc1nn(C)c(CC2CCCc3ccccc3C2Br)c1Cl. The lowest BCUT2D eigenvalue weighted by Crippen LogP contribution is -2.13. The van der Waals surface area contributed by atoms with Crippen LogP contribution < -0.4 is 0 Å². The highest BCUT2D eigenvalue weighted by molar-refractivity contribution is 9.09. The molecule has 0 N–H and O–H groups in total. The van der Waals surface area contributed by atoms with Crippen LogP contribution in [0.4, 0.5) is 0 Å². The third kappa shape index (κ3) is 2.91. The van der Waals surface area contributed by atoms with Crippen LogP contribution in [0, 0.1) is 12.8 Å². The standard InChI is InChI=1S/C17H20BrClN2/c1-11-17(19)15(21(2)20-11)10-13-8-5-7-12-6-3-4-9-14(12)16(13)18/h3-4,6,9,13,16H,5,7-8,10H2,1-2H3. The Bertz CT molecular complexity index is 650. The molecule has 21 heavy (non-hydrogen) atoms. The number of aryl methyl sites for hydroxylation is 3. The highest BCUT2D eigenvalue weighted by Crippen LogP contribution is 2.41. The minimum Gasteiger partial charge on any atom is -0.271 e. The Kier molecular flexibility index (Phi) is 4.41. The molecule has 0 radical (unpaired) electrons. The Balaban J connectivity index is 1.89. The number of hydrogen-bond donors (Lipinski definition) is 0. The molecule has 3 rings (SSSR count). The van der Waals surface area contributed by atoms with Gasteiger partial charge in [0.05, 0.1) is 16.4 Å². The van der Waals surface area contributed by atoms with Crippen LogP contribution in [0.5, 0.6) is 0 Å². The van der Waals surface area contributed by atoms with E-state index in [2.05, 4.69) is 45.3 Å². The van der Waals surface area contributed by atoms with Gasteiger partial charge in [-0.15, -0.1) is 0 Å². The van der Waals surface area contributed by atoms with Gasteiger partial charge in [-0.3, -0.25) is 4.68 Å². The Morgan fingerprint density at radius 3 is 2.86 bits per heavy atom. The number of rotatable bonds is 2. The van der Waals surface area contributed by atoms with Crippen LogP contribution >= 0.6 is 27.5 Å². The summed E-state index contributed by atoms with van der Waals surface area (Å²) < 4.78 is 1.94. The minimum atomic E-state index is 0.391. The average molecular weight is 368 g/mol. The zero-order valence-corrected chi connectivity index (χ0v) is 14.8. The van der Waals surface area contributed by atoms with Crippen molar-refractivity contribution in [2.24, 2.45) is 13.0 Å². The van der Waals surface area contributed by atoms with Crippen molar-refractivity contribution in [3.8, 4) is 0 Å². The van der Waals surface area contributed by atoms with Gasteiger partial charge in [0, 0.05) is 11.9 Å². The van der Waals surface area contributed by atoms with E-state index < -0.39 is 0 Å². The van der Waals surface area contributed by atoms with Gasteiger partial charge in [0.1, 0.15) is 0 Å². The highest BCUT2D eigenvalue weighted by atomic mass is 79.9. The van der Waals surface area contributed by atoms with E-state index in [4.69, 9.17) is 11.6 Å². The fourth-order valence-electron chi connectivity index (χ4n) is 3.34. The van der Waals surface area contributed by atoms with E-state index in [0.29, 0.717) is 10.7 Å². The Hall–Kier alpha value is -0.800. The molecule has 0 amide bonds. The van der Waals surface area contributed by atoms with Crippen molar-refractivity contribution in [1.82, 2.24) is 9.78 Å². The van der Waals surface area contributed by atoms with Crippen LogP contribution in [0.2, 0.25) is 5.02 Å². The summed E-state index contributed by atoms with van der Waals surface area (Å²) >= 11 is 10.4. The molecule has 0 aliphatic heterocycles. The lowest BCUT2D eigenvalue weighted by Gasteiger charge is -2.21. The van der Waals surface area contributed by atoms with Crippen molar-refractivity contribution in [3.63, 3.8) is 0 Å². The number of hydrogen-bond acceptors (Lipinski definition) is 1. The molecule has 0 fully saturated rings. The van der Waals surface area contributed by atoms with E-state index in [1.54, 1.807) is 0 Å². The normalized spacial score (nSPS) is 21.9.